The Morgan fingerprint density at radius 1 is 1.19 bits per heavy atom. The van der Waals surface area contributed by atoms with Crippen molar-refractivity contribution in [3.63, 3.8) is 0 Å². The molecular weight excluding hydrogens is 274 g/mol. The number of nitrogens with zero attached hydrogens (tertiary/aromatic N) is 1. The standard InChI is InChI=1S/C16H24F2N2O/c1-20(13-5-3-2-4-6-13)15(11-19)12-7-9-14(10-8-12)21-16(17)18/h7-10,13,15-16H,2-6,11,19H2,1H3. The van der Waals surface area contributed by atoms with Crippen LogP contribution in [0, 0.1) is 0 Å². The highest BCUT2D eigenvalue weighted by molar-refractivity contribution is 5.29. The van der Waals surface area contributed by atoms with Gasteiger partial charge in [-0.3, -0.25) is 4.90 Å². The van der Waals surface area contributed by atoms with Gasteiger partial charge < -0.3 is 10.5 Å². The predicted molar refractivity (Wildman–Crippen MR) is 79.5 cm³/mol. The summed E-state index contributed by atoms with van der Waals surface area (Å²) in [6, 6.07) is 7.50. The molecular formula is C16H24F2N2O. The van der Waals surface area contributed by atoms with Gasteiger partial charge in [0.05, 0.1) is 0 Å². The summed E-state index contributed by atoms with van der Waals surface area (Å²) in [5.41, 5.74) is 6.99. The minimum atomic E-state index is -2.79. The highest BCUT2D eigenvalue weighted by Gasteiger charge is 2.24. The second kappa shape index (κ2) is 7.71. The van der Waals surface area contributed by atoms with E-state index in [1.54, 1.807) is 12.1 Å². The van der Waals surface area contributed by atoms with Gasteiger partial charge in [0, 0.05) is 18.6 Å². The van der Waals surface area contributed by atoms with Crippen LogP contribution in [0.25, 0.3) is 0 Å². The molecule has 1 atom stereocenters. The van der Waals surface area contributed by atoms with Crippen LogP contribution in [0.15, 0.2) is 24.3 Å². The number of benzene rings is 1. The summed E-state index contributed by atoms with van der Waals surface area (Å²) < 4.78 is 28.7. The number of rotatable bonds is 6. The number of hydrogen-bond donors (Lipinski definition) is 1. The van der Waals surface area contributed by atoms with Crippen molar-refractivity contribution in [3.05, 3.63) is 29.8 Å². The number of hydrogen-bond acceptors (Lipinski definition) is 3. The van der Waals surface area contributed by atoms with Crippen molar-refractivity contribution < 1.29 is 13.5 Å². The fourth-order valence-corrected chi connectivity index (χ4v) is 3.15. The Bertz CT molecular complexity index is 419. The third-order valence-corrected chi connectivity index (χ3v) is 4.36. The van der Waals surface area contributed by atoms with E-state index in [2.05, 4.69) is 16.7 Å². The van der Waals surface area contributed by atoms with E-state index in [1.165, 1.54) is 32.1 Å². The summed E-state index contributed by atoms with van der Waals surface area (Å²) in [5.74, 6) is 0.185. The molecule has 1 aromatic rings. The smallest absolute Gasteiger partial charge is 0.387 e. The zero-order chi connectivity index (χ0) is 15.2. The van der Waals surface area contributed by atoms with Crippen molar-refractivity contribution in [1.29, 1.82) is 0 Å². The number of likely N-dealkylation sites (N-methyl/N-ethyl adjacent to an activating group) is 1. The lowest BCUT2D eigenvalue weighted by molar-refractivity contribution is -0.0498. The lowest BCUT2D eigenvalue weighted by Gasteiger charge is -2.37. The highest BCUT2D eigenvalue weighted by atomic mass is 19.3. The number of alkyl halides is 2. The maximum absolute atomic E-state index is 12.2. The summed E-state index contributed by atoms with van der Waals surface area (Å²) >= 11 is 0. The second-order valence-corrected chi connectivity index (χ2v) is 5.66. The molecule has 5 heteroatoms. The van der Waals surface area contributed by atoms with Gasteiger partial charge in [-0.15, -0.1) is 0 Å². The monoisotopic (exact) mass is 298 g/mol. The van der Waals surface area contributed by atoms with Crippen molar-refractivity contribution in [2.24, 2.45) is 5.73 Å². The molecule has 0 heterocycles. The normalized spacial score (nSPS) is 18.2. The van der Waals surface area contributed by atoms with E-state index < -0.39 is 6.61 Å². The van der Waals surface area contributed by atoms with E-state index in [4.69, 9.17) is 5.73 Å². The van der Waals surface area contributed by atoms with Crippen LogP contribution >= 0.6 is 0 Å². The average Bonchev–Trinajstić information content (AvgIpc) is 2.50. The molecule has 118 valence electrons. The molecule has 2 rings (SSSR count). The molecule has 1 aliphatic rings. The van der Waals surface area contributed by atoms with Crippen LogP contribution in [0.2, 0.25) is 0 Å². The van der Waals surface area contributed by atoms with E-state index in [1.807, 2.05) is 12.1 Å². The first kappa shape index (κ1) is 16.2. The Balaban J connectivity index is 2.05. The second-order valence-electron chi connectivity index (χ2n) is 5.66. The van der Waals surface area contributed by atoms with Crippen LogP contribution in [-0.4, -0.2) is 31.1 Å². The molecule has 0 saturated heterocycles. The van der Waals surface area contributed by atoms with Gasteiger partial charge in [-0.25, -0.2) is 0 Å². The molecule has 1 fully saturated rings. The van der Waals surface area contributed by atoms with Crippen LogP contribution in [0.5, 0.6) is 5.75 Å². The van der Waals surface area contributed by atoms with Gasteiger partial charge in [0.1, 0.15) is 5.75 Å². The lowest BCUT2D eigenvalue weighted by atomic mass is 9.92. The summed E-state index contributed by atoms with van der Waals surface area (Å²) in [5, 5.41) is 0. The van der Waals surface area contributed by atoms with Crippen molar-refractivity contribution in [3.8, 4) is 5.75 Å². The Hall–Kier alpha value is -1.20. The number of nitrogens with two attached hydrogens (primary N) is 1. The quantitative estimate of drug-likeness (QED) is 0.873. The Labute approximate surface area is 125 Å². The molecule has 1 unspecified atom stereocenters. The Morgan fingerprint density at radius 3 is 2.33 bits per heavy atom. The summed E-state index contributed by atoms with van der Waals surface area (Å²) in [4.78, 5) is 2.34. The van der Waals surface area contributed by atoms with E-state index in [-0.39, 0.29) is 11.8 Å². The third-order valence-electron chi connectivity index (χ3n) is 4.36. The Morgan fingerprint density at radius 2 is 1.81 bits per heavy atom. The molecule has 1 aromatic carbocycles. The van der Waals surface area contributed by atoms with Crippen molar-refractivity contribution in [2.45, 2.75) is 50.8 Å². The predicted octanol–water partition coefficient (Wildman–Crippen LogP) is 3.55. The molecule has 0 radical (unpaired) electrons. The van der Waals surface area contributed by atoms with Gasteiger partial charge >= 0.3 is 6.61 Å². The summed E-state index contributed by atoms with van der Waals surface area (Å²) in [6.07, 6.45) is 6.28. The first-order valence-corrected chi connectivity index (χ1v) is 7.58. The molecule has 0 amide bonds. The first-order chi connectivity index (χ1) is 10.1. The minimum Gasteiger partial charge on any atom is -0.435 e. The fraction of sp³-hybridized carbons (Fsp3) is 0.625. The van der Waals surface area contributed by atoms with Gasteiger partial charge in [0.15, 0.2) is 0 Å². The van der Waals surface area contributed by atoms with Gasteiger partial charge in [0.2, 0.25) is 0 Å². The molecule has 1 saturated carbocycles. The molecule has 1 aliphatic carbocycles. The topological polar surface area (TPSA) is 38.5 Å². The van der Waals surface area contributed by atoms with E-state index >= 15 is 0 Å². The molecule has 3 nitrogen and oxygen atoms in total. The molecule has 0 aromatic heterocycles. The summed E-state index contributed by atoms with van der Waals surface area (Å²) in [7, 11) is 2.11. The van der Waals surface area contributed by atoms with Gasteiger partial charge in [-0.2, -0.15) is 8.78 Å². The highest BCUT2D eigenvalue weighted by Crippen LogP contribution is 2.29. The molecule has 0 spiro atoms. The molecule has 0 bridgehead atoms. The van der Waals surface area contributed by atoms with Crippen LogP contribution in [0.1, 0.15) is 43.7 Å². The zero-order valence-corrected chi connectivity index (χ0v) is 12.5. The van der Waals surface area contributed by atoms with Crippen molar-refractivity contribution in [2.75, 3.05) is 13.6 Å². The van der Waals surface area contributed by atoms with Crippen LogP contribution < -0.4 is 10.5 Å². The molecule has 2 N–H and O–H groups in total. The van der Waals surface area contributed by atoms with E-state index in [0.717, 1.165) is 5.56 Å². The fourth-order valence-electron chi connectivity index (χ4n) is 3.15. The SMILES string of the molecule is CN(C1CCCCC1)C(CN)c1ccc(OC(F)F)cc1. The largest absolute Gasteiger partial charge is 0.435 e. The maximum Gasteiger partial charge on any atom is 0.387 e. The number of ether oxygens (including phenoxy) is 1. The number of halogens is 2. The van der Waals surface area contributed by atoms with Gasteiger partial charge in [-0.1, -0.05) is 31.4 Å². The first-order valence-electron chi connectivity index (χ1n) is 7.58. The molecule has 0 aliphatic heterocycles. The van der Waals surface area contributed by atoms with Crippen LogP contribution in [-0.2, 0) is 0 Å². The molecule has 21 heavy (non-hydrogen) atoms. The summed E-state index contributed by atoms with van der Waals surface area (Å²) in [6.45, 7) is -2.27. The van der Waals surface area contributed by atoms with Gasteiger partial charge in [-0.05, 0) is 37.6 Å². The van der Waals surface area contributed by atoms with E-state index in [0.29, 0.717) is 12.6 Å². The average molecular weight is 298 g/mol. The Kier molecular flexibility index (Phi) is 5.94. The van der Waals surface area contributed by atoms with E-state index in [9.17, 15) is 8.78 Å². The minimum absolute atomic E-state index is 0.119. The maximum atomic E-state index is 12.2. The van der Waals surface area contributed by atoms with Crippen LogP contribution in [0.4, 0.5) is 8.78 Å². The lowest BCUT2D eigenvalue weighted by Crippen LogP contribution is -2.39. The zero-order valence-electron chi connectivity index (χ0n) is 12.5. The van der Waals surface area contributed by atoms with Crippen molar-refractivity contribution >= 4 is 0 Å². The van der Waals surface area contributed by atoms with Crippen molar-refractivity contribution in [1.82, 2.24) is 4.90 Å². The third kappa shape index (κ3) is 4.38. The van der Waals surface area contributed by atoms with Crippen LogP contribution in [0.3, 0.4) is 0 Å². The van der Waals surface area contributed by atoms with Gasteiger partial charge in [0.25, 0.3) is 0 Å².